The van der Waals surface area contributed by atoms with Crippen molar-refractivity contribution in [2.45, 2.75) is 155 Å². The summed E-state index contributed by atoms with van der Waals surface area (Å²) in [6.07, 6.45) is 64.9. The van der Waals surface area contributed by atoms with Gasteiger partial charge in [-0.05, 0) is 123 Å². The van der Waals surface area contributed by atoms with Crippen LogP contribution >= 0.6 is 0 Å². The average Bonchev–Trinajstić information content (AvgIpc) is 4.27. The van der Waals surface area contributed by atoms with E-state index in [9.17, 15) is 0 Å². The fourth-order valence-corrected chi connectivity index (χ4v) is 11.5. The maximum atomic E-state index is 5.78. The molecule has 3 aromatic heterocycles. The van der Waals surface area contributed by atoms with Gasteiger partial charge in [-0.25, -0.2) is 9.97 Å². The van der Waals surface area contributed by atoms with Crippen LogP contribution in [0.1, 0.15) is 200 Å². The van der Waals surface area contributed by atoms with E-state index in [1.54, 1.807) is 0 Å². The van der Waals surface area contributed by atoms with Gasteiger partial charge in [0.2, 0.25) is 0 Å². The van der Waals surface area contributed by atoms with Crippen LogP contribution in [0.5, 0.6) is 0 Å². The molecule has 0 fully saturated rings. The van der Waals surface area contributed by atoms with Crippen LogP contribution in [-0.4, -0.2) is 65.7 Å². The monoisotopic (exact) mass is 963 g/mol. The zero-order valence-electron chi connectivity index (χ0n) is 44.0. The van der Waals surface area contributed by atoms with Crippen LogP contribution in [0.25, 0.3) is 46.4 Å². The lowest BCUT2D eigenvalue weighted by Crippen LogP contribution is -2.26. The van der Waals surface area contributed by atoms with Crippen LogP contribution in [0.3, 0.4) is 0 Å². The lowest BCUT2D eigenvalue weighted by molar-refractivity contribution is 0.310. The Morgan fingerprint density at radius 2 is 0.611 bits per heavy atom. The Hall–Kier alpha value is -6.28. The van der Waals surface area contributed by atoms with E-state index in [1.807, 2.05) is 0 Å². The van der Waals surface area contributed by atoms with Gasteiger partial charge in [0.05, 0.1) is 46.9 Å². The van der Waals surface area contributed by atoms with E-state index in [0.29, 0.717) is 0 Å². The second kappa shape index (κ2) is 25.4. The number of rotatable bonds is 24. The third kappa shape index (κ3) is 11.8. The molecule has 0 saturated carbocycles. The first-order chi connectivity index (χ1) is 35.6. The van der Waals surface area contributed by atoms with Gasteiger partial charge in [0.15, 0.2) is 0 Å². The summed E-state index contributed by atoms with van der Waals surface area (Å²) in [7, 11) is 0. The highest BCUT2D eigenvalue weighted by Crippen LogP contribution is 2.41. The summed E-state index contributed by atoms with van der Waals surface area (Å²) in [5, 5.41) is 0. The van der Waals surface area contributed by atoms with E-state index in [-0.39, 0.29) is 24.2 Å². The summed E-state index contributed by atoms with van der Waals surface area (Å²) >= 11 is 0. The molecule has 0 radical (unpaired) electrons. The van der Waals surface area contributed by atoms with E-state index >= 15 is 0 Å². The Morgan fingerprint density at radius 1 is 0.333 bits per heavy atom. The number of allylic oxidation sites excluding steroid dienone is 8. The minimum atomic E-state index is -0.0260. The highest BCUT2D eigenvalue weighted by molar-refractivity contribution is 5.85. The first kappa shape index (κ1) is 50.7. The molecule has 0 aromatic carbocycles. The molecule has 3 aromatic rings. The molecule has 0 amide bonds. The first-order valence-corrected chi connectivity index (χ1v) is 28.2. The van der Waals surface area contributed by atoms with Gasteiger partial charge >= 0.3 is 0 Å². The second-order valence-electron chi connectivity index (χ2n) is 20.5. The van der Waals surface area contributed by atoms with Crippen molar-refractivity contribution in [2.24, 2.45) is 0 Å². The fourth-order valence-electron chi connectivity index (χ4n) is 11.5. The van der Waals surface area contributed by atoms with E-state index in [4.69, 9.17) is 9.97 Å². The molecule has 8 bridgehead atoms. The number of fused-ring (bicyclic) bond motifs is 8. The van der Waals surface area contributed by atoms with Gasteiger partial charge in [0.25, 0.3) is 0 Å². The quantitative estimate of drug-likeness (QED) is 0.0601. The van der Waals surface area contributed by atoms with Crippen LogP contribution in [0.15, 0.2) is 122 Å². The van der Waals surface area contributed by atoms with Gasteiger partial charge in [-0.3, -0.25) is 0 Å². The standard InChI is InChI=1S/C64H82N8/c1-5-9-13-21-41-69-45-25-17-29-57(69)61-49-33-35-51(65-49)62(58-30-18-26-46-70(58)42-22-14-10-6-2)53-37-39-55(67-53)64(60-32-20-28-48-72(60)44-24-16-12-8-4)56-40-38-54(68-56)63(52-36-34-50(61)66-52)59-31-19-27-47-71(59)43-23-15-11-7-3/h17-20,25-40,45-48,57-60,65-66H,5-16,21-24,41-44H2,1-4H3. The zero-order valence-corrected chi connectivity index (χ0v) is 44.0. The predicted octanol–water partition coefficient (Wildman–Crippen LogP) is 16.7. The third-order valence-electron chi connectivity index (χ3n) is 15.3. The summed E-state index contributed by atoms with van der Waals surface area (Å²) in [4.78, 5) is 30.0. The number of nitrogens with zero attached hydrogens (tertiary/aromatic N) is 6. The van der Waals surface area contributed by atoms with E-state index in [1.165, 1.54) is 93.7 Å². The molecule has 6 aliphatic rings. The maximum absolute atomic E-state index is 5.78. The minimum absolute atomic E-state index is 0.00257. The van der Waals surface area contributed by atoms with Crippen molar-refractivity contribution in [3.05, 3.63) is 167 Å². The van der Waals surface area contributed by atoms with E-state index in [0.717, 1.165) is 102 Å². The predicted molar refractivity (Wildman–Crippen MR) is 306 cm³/mol. The third-order valence-corrected chi connectivity index (χ3v) is 15.3. The maximum Gasteiger partial charge on any atom is 0.0766 e. The van der Waals surface area contributed by atoms with Crippen LogP contribution in [0, 0.1) is 0 Å². The van der Waals surface area contributed by atoms with Gasteiger partial charge in [-0.15, -0.1) is 0 Å². The molecule has 8 heteroatoms. The summed E-state index contributed by atoms with van der Waals surface area (Å²) < 4.78 is 0. The average molecular weight is 963 g/mol. The largest absolute Gasteiger partial charge is 0.367 e. The molecule has 8 nitrogen and oxygen atoms in total. The van der Waals surface area contributed by atoms with Crippen molar-refractivity contribution < 1.29 is 0 Å². The Kier molecular flexibility index (Phi) is 17.9. The molecule has 9 rings (SSSR count). The molecule has 4 atom stereocenters. The Morgan fingerprint density at radius 3 is 0.931 bits per heavy atom. The summed E-state index contributed by atoms with van der Waals surface area (Å²) in [5.74, 6) is 0. The highest BCUT2D eigenvalue weighted by atomic mass is 15.2. The molecule has 0 aliphatic carbocycles. The lowest BCUT2D eigenvalue weighted by atomic mass is 9.99. The molecule has 9 heterocycles. The van der Waals surface area contributed by atoms with Crippen LogP contribution < -0.4 is 0 Å². The summed E-state index contributed by atoms with van der Waals surface area (Å²) in [5.41, 5.74) is 13.1. The smallest absolute Gasteiger partial charge is 0.0766 e. The molecule has 4 unspecified atom stereocenters. The molecular formula is C64H82N8. The zero-order chi connectivity index (χ0) is 49.5. The van der Waals surface area contributed by atoms with Crippen LogP contribution in [-0.2, 0) is 0 Å². The number of aromatic nitrogens is 4. The molecule has 6 aliphatic heterocycles. The summed E-state index contributed by atoms with van der Waals surface area (Å²) in [6.45, 7) is 13.1. The summed E-state index contributed by atoms with van der Waals surface area (Å²) in [6, 6.07) is 9.30. The van der Waals surface area contributed by atoms with Crippen LogP contribution in [0.2, 0.25) is 0 Å². The van der Waals surface area contributed by atoms with Crippen molar-refractivity contribution in [3.63, 3.8) is 0 Å². The molecular weight excluding hydrogens is 881 g/mol. The van der Waals surface area contributed by atoms with Gasteiger partial charge in [-0.2, -0.15) is 0 Å². The normalized spacial score (nSPS) is 19.8. The number of unbranched alkanes of at least 4 members (excludes halogenated alkanes) is 12. The van der Waals surface area contributed by atoms with Crippen molar-refractivity contribution in [1.82, 2.24) is 39.5 Å². The van der Waals surface area contributed by atoms with E-state index in [2.05, 4.69) is 204 Å². The molecule has 0 spiro atoms. The Bertz CT molecular complexity index is 2640. The number of nitrogens with one attached hydrogen (secondary N) is 2. The number of hydrogen-bond acceptors (Lipinski definition) is 6. The van der Waals surface area contributed by atoms with Crippen molar-refractivity contribution in [3.8, 4) is 0 Å². The molecule has 2 N–H and O–H groups in total. The molecule has 72 heavy (non-hydrogen) atoms. The number of H-pyrrole nitrogens is 2. The Labute approximate surface area is 431 Å². The SMILES string of the molecule is CCCCCCN1C=CC=CC1c1c2nc(c(C3C=CC=CN3CCCCCC)c3ccc([nH]3)c(C3C=CC=CN3CCCCCC)c3ccc([nH]3)c(C3C=CC=CN3CCCCCC)c3nc1C=C3)C=C2. The highest BCUT2D eigenvalue weighted by Gasteiger charge is 2.30. The number of hydrogen-bond donors (Lipinski definition) is 2. The van der Waals surface area contributed by atoms with Crippen LogP contribution in [0.4, 0.5) is 0 Å². The van der Waals surface area contributed by atoms with Gasteiger partial charge in [0, 0.05) is 70.5 Å². The molecule has 378 valence electrons. The lowest BCUT2D eigenvalue weighted by Gasteiger charge is -2.32. The second-order valence-corrected chi connectivity index (χ2v) is 20.5. The van der Waals surface area contributed by atoms with Gasteiger partial charge in [-0.1, -0.05) is 153 Å². The Balaban J connectivity index is 1.32. The minimum Gasteiger partial charge on any atom is -0.367 e. The van der Waals surface area contributed by atoms with Gasteiger partial charge in [0.1, 0.15) is 0 Å². The first-order valence-electron chi connectivity index (χ1n) is 28.2. The molecule has 0 saturated heterocycles. The van der Waals surface area contributed by atoms with Crippen molar-refractivity contribution in [1.29, 1.82) is 0 Å². The fraction of sp³-hybridized carbons (Fsp3) is 0.438. The van der Waals surface area contributed by atoms with Crippen molar-refractivity contribution in [2.75, 3.05) is 26.2 Å². The van der Waals surface area contributed by atoms with E-state index < -0.39 is 0 Å². The number of aromatic amines is 2. The van der Waals surface area contributed by atoms with Gasteiger partial charge < -0.3 is 29.6 Å². The van der Waals surface area contributed by atoms with Crippen molar-refractivity contribution >= 4 is 46.4 Å². The topological polar surface area (TPSA) is 70.3 Å².